The summed E-state index contributed by atoms with van der Waals surface area (Å²) >= 11 is 0. The molecule has 2 rings (SSSR count). The third kappa shape index (κ3) is 4.83. The van der Waals surface area contributed by atoms with Crippen LogP contribution in [0.2, 0.25) is 0 Å². The number of sulfone groups is 1. The van der Waals surface area contributed by atoms with E-state index in [4.69, 9.17) is 0 Å². The van der Waals surface area contributed by atoms with Crippen molar-refractivity contribution >= 4 is 28.2 Å². The Labute approximate surface area is 146 Å². The Morgan fingerprint density at radius 1 is 1.17 bits per heavy atom. The van der Waals surface area contributed by atoms with Crippen molar-refractivity contribution in [3.8, 4) is 0 Å². The van der Waals surface area contributed by atoms with Gasteiger partial charge in [-0.3, -0.25) is 4.79 Å². The van der Waals surface area contributed by atoms with E-state index in [1.54, 1.807) is 11.9 Å². The van der Waals surface area contributed by atoms with Crippen molar-refractivity contribution in [3.05, 3.63) is 0 Å². The molecule has 0 radical (unpaired) electrons. The van der Waals surface area contributed by atoms with Crippen LogP contribution in [0.25, 0.3) is 0 Å². The van der Waals surface area contributed by atoms with E-state index >= 15 is 0 Å². The molecule has 1 saturated heterocycles. The van der Waals surface area contributed by atoms with E-state index in [-0.39, 0.29) is 18.3 Å². The van der Waals surface area contributed by atoms with Crippen LogP contribution in [0.4, 0.5) is 0 Å². The Hall–Kier alpha value is -0.330. The van der Waals surface area contributed by atoms with Crippen LogP contribution < -0.4 is 5.32 Å². The summed E-state index contributed by atoms with van der Waals surface area (Å²) < 4.78 is 23.4. The van der Waals surface area contributed by atoms with Crippen molar-refractivity contribution in [1.29, 1.82) is 0 Å². The average molecular weight is 367 g/mol. The molecule has 0 aromatic carbocycles. The molecule has 1 saturated carbocycles. The van der Waals surface area contributed by atoms with Crippen molar-refractivity contribution in [1.82, 2.24) is 10.2 Å². The molecule has 0 atom stereocenters. The van der Waals surface area contributed by atoms with Gasteiger partial charge in [0.05, 0.1) is 0 Å². The molecule has 0 aromatic rings. The second kappa shape index (κ2) is 8.67. The molecule has 0 aromatic heterocycles. The van der Waals surface area contributed by atoms with Gasteiger partial charge in [-0.15, -0.1) is 12.4 Å². The molecule has 136 valence electrons. The van der Waals surface area contributed by atoms with Crippen molar-refractivity contribution in [2.24, 2.45) is 5.92 Å². The molecule has 2 aliphatic rings. The molecular formula is C16H31ClN2O3S. The number of carbonyl (C=O) groups is 1. The van der Waals surface area contributed by atoms with Crippen LogP contribution in [0, 0.1) is 5.92 Å². The predicted octanol–water partition coefficient (Wildman–Crippen LogP) is 2.00. The fraction of sp³-hybridized carbons (Fsp3) is 0.938. The number of nitrogens with zero attached hydrogens (tertiary/aromatic N) is 1. The number of rotatable bonds is 5. The minimum atomic E-state index is -3.41. The third-order valence-electron chi connectivity index (χ3n) is 5.45. The zero-order chi connectivity index (χ0) is 16.2. The molecule has 1 aliphatic heterocycles. The van der Waals surface area contributed by atoms with E-state index < -0.39 is 14.6 Å². The highest BCUT2D eigenvalue weighted by atomic mass is 35.5. The number of nitrogens with one attached hydrogen (secondary N) is 1. The first-order chi connectivity index (χ1) is 10.4. The topological polar surface area (TPSA) is 66.5 Å². The maximum absolute atomic E-state index is 12.9. The molecule has 23 heavy (non-hydrogen) atoms. The molecule has 1 amide bonds. The summed E-state index contributed by atoms with van der Waals surface area (Å²) in [6, 6.07) is 0. The molecule has 1 N–H and O–H groups in total. The van der Waals surface area contributed by atoms with Crippen molar-refractivity contribution in [2.45, 2.75) is 56.1 Å². The first kappa shape index (κ1) is 20.7. The Bertz CT molecular complexity index is 484. The van der Waals surface area contributed by atoms with Gasteiger partial charge in [0.25, 0.3) is 0 Å². The summed E-state index contributed by atoms with van der Waals surface area (Å²) in [6.45, 7) is 1.86. The fourth-order valence-corrected chi connectivity index (χ4v) is 5.29. The summed E-state index contributed by atoms with van der Waals surface area (Å²) in [4.78, 5) is 14.5. The quantitative estimate of drug-likeness (QED) is 0.808. The van der Waals surface area contributed by atoms with Crippen LogP contribution in [0.5, 0.6) is 0 Å². The van der Waals surface area contributed by atoms with Gasteiger partial charge in [-0.25, -0.2) is 8.42 Å². The van der Waals surface area contributed by atoms with Crippen LogP contribution in [0.15, 0.2) is 0 Å². The van der Waals surface area contributed by atoms with Gasteiger partial charge in [0.2, 0.25) is 5.91 Å². The molecule has 0 spiro atoms. The fourth-order valence-electron chi connectivity index (χ4n) is 3.88. The van der Waals surface area contributed by atoms with Gasteiger partial charge in [-0.1, -0.05) is 32.1 Å². The van der Waals surface area contributed by atoms with Crippen LogP contribution >= 0.6 is 12.4 Å². The Balaban J connectivity index is 0.00000264. The number of piperidine rings is 1. The second-order valence-corrected chi connectivity index (χ2v) is 9.36. The van der Waals surface area contributed by atoms with Gasteiger partial charge in [0.15, 0.2) is 14.6 Å². The van der Waals surface area contributed by atoms with Gasteiger partial charge < -0.3 is 10.2 Å². The lowest BCUT2D eigenvalue weighted by Gasteiger charge is -2.37. The number of amides is 1. The summed E-state index contributed by atoms with van der Waals surface area (Å²) in [6.07, 6.45) is 9.41. The van der Waals surface area contributed by atoms with Crippen LogP contribution in [0.3, 0.4) is 0 Å². The number of hydrogen-bond donors (Lipinski definition) is 1. The van der Waals surface area contributed by atoms with E-state index in [0.717, 1.165) is 6.42 Å². The monoisotopic (exact) mass is 366 g/mol. The van der Waals surface area contributed by atoms with Crippen molar-refractivity contribution in [3.63, 3.8) is 0 Å². The average Bonchev–Trinajstić information content (AvgIpc) is 2.52. The zero-order valence-corrected chi connectivity index (χ0v) is 16.0. The van der Waals surface area contributed by atoms with E-state index in [1.807, 2.05) is 0 Å². The van der Waals surface area contributed by atoms with E-state index in [2.05, 4.69) is 5.32 Å². The van der Waals surface area contributed by atoms with E-state index in [1.165, 1.54) is 38.4 Å². The van der Waals surface area contributed by atoms with Crippen LogP contribution in [-0.4, -0.2) is 56.9 Å². The minimum Gasteiger partial charge on any atom is -0.344 e. The molecular weight excluding hydrogens is 336 g/mol. The van der Waals surface area contributed by atoms with Crippen molar-refractivity contribution < 1.29 is 13.2 Å². The lowest BCUT2D eigenvalue weighted by molar-refractivity contribution is -0.133. The first-order valence-electron chi connectivity index (χ1n) is 8.53. The molecule has 1 aliphatic carbocycles. The summed E-state index contributed by atoms with van der Waals surface area (Å²) in [5.74, 6) is 0.499. The number of halogens is 1. The second-order valence-electron chi connectivity index (χ2n) is 7.04. The lowest BCUT2D eigenvalue weighted by Crippen LogP contribution is -2.57. The molecule has 0 unspecified atom stereocenters. The van der Waals surface area contributed by atoms with E-state index in [0.29, 0.717) is 38.4 Å². The van der Waals surface area contributed by atoms with Crippen molar-refractivity contribution in [2.75, 3.05) is 32.9 Å². The Morgan fingerprint density at radius 2 is 1.74 bits per heavy atom. The molecule has 7 heteroatoms. The highest BCUT2D eigenvalue weighted by molar-refractivity contribution is 7.92. The summed E-state index contributed by atoms with van der Waals surface area (Å²) in [5, 5.41) is 3.15. The normalized spacial score (nSPS) is 22.2. The van der Waals surface area contributed by atoms with Gasteiger partial charge in [-0.2, -0.15) is 0 Å². The van der Waals surface area contributed by atoms with Gasteiger partial charge in [0, 0.05) is 19.8 Å². The van der Waals surface area contributed by atoms with Gasteiger partial charge in [0.1, 0.15) is 0 Å². The molecule has 5 nitrogen and oxygen atoms in total. The highest BCUT2D eigenvalue weighted by Gasteiger charge is 2.49. The maximum atomic E-state index is 12.9. The highest BCUT2D eigenvalue weighted by Crippen LogP contribution is 2.31. The Kier molecular flexibility index (Phi) is 7.81. The minimum absolute atomic E-state index is 0. The smallest absolute Gasteiger partial charge is 0.243 e. The summed E-state index contributed by atoms with van der Waals surface area (Å²) in [7, 11) is -1.64. The standard InChI is InChI=1S/C16H30N2O3S.ClH/c1-18(13-8-14-6-4-3-5-7-14)15(19)16(22(2,20)21)9-11-17-12-10-16;/h14,17H,3-13H2,1-2H3;1H. The molecule has 0 bridgehead atoms. The van der Waals surface area contributed by atoms with Crippen LogP contribution in [-0.2, 0) is 14.6 Å². The summed E-state index contributed by atoms with van der Waals surface area (Å²) in [5.41, 5.74) is 0. The van der Waals surface area contributed by atoms with E-state index in [9.17, 15) is 13.2 Å². The zero-order valence-electron chi connectivity index (χ0n) is 14.3. The third-order valence-corrected chi connectivity index (χ3v) is 7.46. The maximum Gasteiger partial charge on any atom is 0.243 e. The van der Waals surface area contributed by atoms with Crippen LogP contribution in [0.1, 0.15) is 51.4 Å². The van der Waals surface area contributed by atoms with Gasteiger partial charge >= 0.3 is 0 Å². The largest absolute Gasteiger partial charge is 0.344 e. The van der Waals surface area contributed by atoms with Gasteiger partial charge in [-0.05, 0) is 38.3 Å². The first-order valence-corrected chi connectivity index (χ1v) is 10.4. The SMILES string of the molecule is CN(CCC1CCCCC1)C(=O)C1(S(C)(=O)=O)CCNCC1.Cl. The Morgan fingerprint density at radius 3 is 2.26 bits per heavy atom. The number of hydrogen-bond acceptors (Lipinski definition) is 4. The number of carbonyl (C=O) groups excluding carboxylic acids is 1. The predicted molar refractivity (Wildman–Crippen MR) is 95.8 cm³/mol. The molecule has 1 heterocycles. The lowest BCUT2D eigenvalue weighted by atomic mass is 9.87. The molecule has 2 fully saturated rings.